The first kappa shape index (κ1) is 42.9. The maximum absolute atomic E-state index is 12.7. The Balaban J connectivity index is 0.000000214. The van der Waals surface area contributed by atoms with Crippen LogP contribution in [0.4, 0.5) is 26.3 Å². The molecular formula is C38H48F6N6O6. The predicted molar refractivity (Wildman–Crippen MR) is 195 cm³/mol. The van der Waals surface area contributed by atoms with E-state index in [9.17, 15) is 55.7 Å². The Hall–Kier alpha value is -4.26. The Labute approximate surface area is 319 Å². The Morgan fingerprint density at radius 3 is 1.34 bits per heavy atom. The number of alkyl halides is 6. The van der Waals surface area contributed by atoms with E-state index >= 15 is 0 Å². The van der Waals surface area contributed by atoms with E-state index in [0.29, 0.717) is 37.3 Å². The number of likely N-dealkylation sites (N-methyl/N-ethyl adjacent to an activating group) is 2. The summed E-state index contributed by atoms with van der Waals surface area (Å²) in [5.41, 5.74) is 2.28. The lowest BCUT2D eigenvalue weighted by atomic mass is 9.88. The summed E-state index contributed by atoms with van der Waals surface area (Å²) in [4.78, 5) is 54.1. The summed E-state index contributed by atoms with van der Waals surface area (Å²) in [5, 5.41) is 23.8. The van der Waals surface area contributed by atoms with Gasteiger partial charge >= 0.3 is 12.4 Å². The summed E-state index contributed by atoms with van der Waals surface area (Å²) in [6.45, 7) is 5.24. The van der Waals surface area contributed by atoms with Crippen LogP contribution in [0.3, 0.4) is 0 Å². The molecule has 0 aromatic carbocycles. The van der Waals surface area contributed by atoms with E-state index in [2.05, 4.69) is 0 Å². The third-order valence-electron chi connectivity index (χ3n) is 11.3. The number of carbonyl (C=O) groups is 2. The molecule has 18 heteroatoms. The van der Waals surface area contributed by atoms with Crippen molar-refractivity contribution in [3.05, 3.63) is 79.6 Å². The van der Waals surface area contributed by atoms with Gasteiger partial charge < -0.3 is 30.0 Å². The van der Waals surface area contributed by atoms with Gasteiger partial charge in [-0.25, -0.2) is 0 Å². The van der Waals surface area contributed by atoms with E-state index in [0.717, 1.165) is 11.4 Å². The lowest BCUT2D eigenvalue weighted by Crippen LogP contribution is -2.50. The number of rotatable bonds is 10. The minimum atomic E-state index is -4.50. The second-order valence-corrected chi connectivity index (χ2v) is 14.4. The summed E-state index contributed by atoms with van der Waals surface area (Å²) in [7, 11) is 0. The summed E-state index contributed by atoms with van der Waals surface area (Å²) < 4.78 is 78.4. The third-order valence-corrected chi connectivity index (χ3v) is 11.3. The number of hydrogen-bond donors (Lipinski definition) is 4. The minimum Gasteiger partial charge on any atom is -0.396 e. The fourth-order valence-electron chi connectivity index (χ4n) is 9.19. The molecule has 2 aromatic rings. The highest BCUT2D eigenvalue weighted by molar-refractivity contribution is 5.83. The van der Waals surface area contributed by atoms with Crippen LogP contribution in [0, 0.1) is 23.7 Å². The van der Waals surface area contributed by atoms with Crippen LogP contribution >= 0.6 is 0 Å². The van der Waals surface area contributed by atoms with Gasteiger partial charge in [0, 0.05) is 72.5 Å². The average Bonchev–Trinajstić information content (AvgIpc) is 3.88. The Morgan fingerprint density at radius 2 is 1.05 bits per heavy atom. The second kappa shape index (κ2) is 17.1. The van der Waals surface area contributed by atoms with Crippen LogP contribution in [-0.2, 0) is 22.7 Å². The number of aliphatic hydroxyl groups excluding tert-OH is 2. The van der Waals surface area contributed by atoms with Crippen molar-refractivity contribution < 1.29 is 46.1 Å². The zero-order valence-corrected chi connectivity index (χ0v) is 31.5. The van der Waals surface area contributed by atoms with Gasteiger partial charge in [0.05, 0.1) is 24.2 Å². The molecule has 2 aromatic heterocycles. The van der Waals surface area contributed by atoms with Gasteiger partial charge in [0.15, 0.2) is 0 Å². The van der Waals surface area contributed by atoms with Gasteiger partial charge in [-0.05, 0) is 51.2 Å². The fraction of sp³-hybridized carbons (Fsp3) is 0.579. The topological polar surface area (TPSA) is 149 Å². The number of aliphatic hydroxyl groups is 2. The molecule has 0 aliphatic carbocycles. The predicted octanol–water partition coefficient (Wildman–Crippen LogP) is 3.09. The van der Waals surface area contributed by atoms with E-state index in [1.807, 2.05) is 50.5 Å². The van der Waals surface area contributed by atoms with Crippen molar-refractivity contribution in [3.8, 4) is 0 Å². The van der Waals surface area contributed by atoms with E-state index in [1.54, 1.807) is 55.4 Å². The average molecular weight is 799 g/mol. The molecule has 0 unspecified atom stereocenters. The Kier molecular flexibility index (Phi) is 13.1. The van der Waals surface area contributed by atoms with Crippen LogP contribution in [0.15, 0.2) is 46.0 Å². The van der Waals surface area contributed by atoms with Crippen LogP contribution < -0.4 is 21.8 Å². The lowest BCUT2D eigenvalue weighted by Gasteiger charge is -2.29. The number of amides is 2. The van der Waals surface area contributed by atoms with Crippen molar-refractivity contribution in [2.45, 2.75) is 77.3 Å². The molecule has 8 atom stereocenters. The smallest absolute Gasteiger partial charge is 0.396 e. The second-order valence-electron chi connectivity index (χ2n) is 14.4. The fourth-order valence-corrected chi connectivity index (χ4v) is 9.19. The molecule has 4 aliphatic rings. The number of nitrogens with one attached hydrogen (secondary N) is 2. The summed E-state index contributed by atoms with van der Waals surface area (Å²) >= 11 is 0. The molecule has 56 heavy (non-hydrogen) atoms. The normalized spacial score (nSPS) is 27.2. The van der Waals surface area contributed by atoms with Gasteiger partial charge in [-0.3, -0.25) is 29.0 Å². The SMILES string of the molecule is C/C=C/c1ccc2n(c1=O)C[C@H]1[C@H](CO)[C@@H](C(=O)NCC(F)(F)F)N(CC)[C@@H]21.C/C=C\c1ccc2n(c1=O)C[C@H]1[C@H](CO)[C@@H](C(=O)NCC(F)(F)F)N(CC)[C@@H]21. The van der Waals surface area contributed by atoms with Gasteiger partial charge in [0.1, 0.15) is 13.1 Å². The van der Waals surface area contributed by atoms with Gasteiger partial charge in [0.2, 0.25) is 11.8 Å². The summed E-state index contributed by atoms with van der Waals surface area (Å²) in [5.74, 6) is -3.04. The summed E-state index contributed by atoms with van der Waals surface area (Å²) in [6, 6.07) is 4.76. The van der Waals surface area contributed by atoms with Crippen LogP contribution in [0.1, 0.15) is 62.3 Å². The van der Waals surface area contributed by atoms with Crippen molar-refractivity contribution in [2.24, 2.45) is 23.7 Å². The van der Waals surface area contributed by atoms with Gasteiger partial charge in [-0.2, -0.15) is 26.3 Å². The molecule has 6 rings (SSSR count). The van der Waals surface area contributed by atoms with Crippen molar-refractivity contribution >= 4 is 24.0 Å². The first-order valence-electron chi connectivity index (χ1n) is 18.6. The van der Waals surface area contributed by atoms with Crippen LogP contribution in [-0.4, -0.2) is 105 Å². The molecular weight excluding hydrogens is 750 g/mol. The van der Waals surface area contributed by atoms with E-state index in [4.69, 9.17) is 0 Å². The molecule has 2 fully saturated rings. The molecule has 0 saturated carbocycles. The third kappa shape index (κ3) is 8.24. The Morgan fingerprint density at radius 1 is 0.696 bits per heavy atom. The number of fused-ring (bicyclic) bond motifs is 6. The molecule has 12 nitrogen and oxygen atoms in total. The highest BCUT2D eigenvalue weighted by atomic mass is 19.4. The number of aromatic nitrogens is 2. The van der Waals surface area contributed by atoms with Gasteiger partial charge in [-0.15, -0.1) is 0 Å². The lowest BCUT2D eigenvalue weighted by molar-refractivity contribution is -0.142. The maximum atomic E-state index is 12.7. The van der Waals surface area contributed by atoms with E-state index in [-0.39, 0.29) is 48.3 Å². The number of nitrogens with zero attached hydrogens (tertiary/aromatic N) is 4. The summed E-state index contributed by atoms with van der Waals surface area (Å²) in [6.07, 6.45) is -2.01. The molecule has 0 radical (unpaired) electrons. The number of pyridine rings is 2. The van der Waals surface area contributed by atoms with Crippen molar-refractivity contribution in [1.82, 2.24) is 29.6 Å². The first-order chi connectivity index (χ1) is 26.5. The van der Waals surface area contributed by atoms with Crippen LogP contribution in [0.2, 0.25) is 0 Å². The molecule has 308 valence electrons. The van der Waals surface area contributed by atoms with Crippen LogP contribution in [0.25, 0.3) is 12.2 Å². The maximum Gasteiger partial charge on any atom is 0.405 e. The first-order valence-corrected chi connectivity index (χ1v) is 18.6. The van der Waals surface area contributed by atoms with Gasteiger partial charge in [-0.1, -0.05) is 38.2 Å². The molecule has 6 heterocycles. The Bertz CT molecular complexity index is 1810. The quantitative estimate of drug-likeness (QED) is 0.268. The number of allylic oxidation sites excluding steroid dienone is 2. The molecule has 4 aliphatic heterocycles. The molecule has 0 bridgehead atoms. The minimum absolute atomic E-state index is 0.143. The van der Waals surface area contributed by atoms with E-state index in [1.165, 1.54) is 0 Å². The molecule has 4 N–H and O–H groups in total. The highest BCUT2D eigenvalue weighted by Gasteiger charge is 2.56. The largest absolute Gasteiger partial charge is 0.405 e. The van der Waals surface area contributed by atoms with Crippen molar-refractivity contribution in [1.29, 1.82) is 0 Å². The zero-order chi connectivity index (χ0) is 41.3. The number of hydrogen-bond acceptors (Lipinski definition) is 8. The number of halogens is 6. The van der Waals surface area contributed by atoms with Gasteiger partial charge in [0.25, 0.3) is 11.1 Å². The highest BCUT2D eigenvalue weighted by Crippen LogP contribution is 2.50. The number of likely N-dealkylation sites (tertiary alicyclic amines) is 2. The number of carbonyl (C=O) groups excluding carboxylic acids is 2. The molecule has 2 amide bonds. The van der Waals surface area contributed by atoms with E-state index < -0.39 is 61.2 Å². The molecule has 0 spiro atoms. The standard InChI is InChI=1S/2C19H24F3N3O3/c2*1-3-5-11-6-7-14-15-12(8-25(14)18(11)28)13(9-26)16(24(15)4-2)17(27)23-10-19(20,21)22/h2*3,5-7,12-13,15-16,26H,4,8-10H2,1-2H3,(H,23,27)/b5-3+;5-3-/t2*12-,13-,15+,16-/m00/s1. The van der Waals surface area contributed by atoms with Crippen molar-refractivity contribution in [3.63, 3.8) is 0 Å². The monoisotopic (exact) mass is 798 g/mol. The van der Waals surface area contributed by atoms with Crippen molar-refractivity contribution in [2.75, 3.05) is 39.4 Å². The molecule has 2 saturated heterocycles. The zero-order valence-electron chi connectivity index (χ0n) is 31.5. The van der Waals surface area contributed by atoms with Crippen LogP contribution in [0.5, 0.6) is 0 Å².